The van der Waals surface area contributed by atoms with Gasteiger partial charge in [-0.15, -0.1) is 11.3 Å². The van der Waals surface area contributed by atoms with E-state index in [1.54, 1.807) is 6.20 Å². The molecule has 2 aromatic heterocycles. The summed E-state index contributed by atoms with van der Waals surface area (Å²) in [6, 6.07) is 2.09. The van der Waals surface area contributed by atoms with E-state index in [4.69, 9.17) is 4.98 Å². The number of pyridine rings is 1. The van der Waals surface area contributed by atoms with Gasteiger partial charge in [-0.3, -0.25) is 4.98 Å². The molecule has 0 amide bonds. The van der Waals surface area contributed by atoms with Crippen LogP contribution in [0.25, 0.3) is 10.6 Å². The highest BCUT2D eigenvalue weighted by Crippen LogP contribution is 2.38. The third-order valence-corrected chi connectivity index (χ3v) is 5.09. The van der Waals surface area contributed by atoms with Crippen LogP contribution < -0.4 is 5.32 Å². The van der Waals surface area contributed by atoms with E-state index in [9.17, 15) is 0 Å². The Morgan fingerprint density at radius 2 is 2.37 bits per heavy atom. The number of nitrogens with zero attached hydrogens (tertiary/aromatic N) is 2. The molecular formula is C14H16BrN3S. The number of fused-ring (bicyclic) bond motifs is 1. The Hall–Kier alpha value is -0.780. The molecule has 0 aromatic carbocycles. The number of aromatic nitrogens is 2. The molecule has 0 saturated carbocycles. The van der Waals surface area contributed by atoms with Gasteiger partial charge in [-0.1, -0.05) is 0 Å². The fraction of sp³-hybridized carbons (Fsp3) is 0.429. The summed E-state index contributed by atoms with van der Waals surface area (Å²) < 4.78 is 1.00. The van der Waals surface area contributed by atoms with Crippen LogP contribution in [0.2, 0.25) is 0 Å². The summed E-state index contributed by atoms with van der Waals surface area (Å²) in [5.41, 5.74) is 2.41. The van der Waals surface area contributed by atoms with E-state index in [0.29, 0.717) is 5.92 Å². The van der Waals surface area contributed by atoms with Crippen molar-refractivity contribution in [1.82, 2.24) is 15.3 Å². The molecule has 19 heavy (non-hydrogen) atoms. The van der Waals surface area contributed by atoms with Crippen molar-refractivity contribution in [2.24, 2.45) is 0 Å². The minimum absolute atomic E-state index is 0.568. The van der Waals surface area contributed by atoms with Crippen molar-refractivity contribution in [2.75, 3.05) is 13.6 Å². The summed E-state index contributed by atoms with van der Waals surface area (Å²) in [5.74, 6) is 0.568. The van der Waals surface area contributed by atoms with Crippen molar-refractivity contribution >= 4 is 27.3 Å². The second kappa shape index (κ2) is 5.69. The fourth-order valence-corrected chi connectivity index (χ4v) is 4.14. The van der Waals surface area contributed by atoms with Crippen molar-refractivity contribution in [3.05, 3.63) is 33.5 Å². The van der Waals surface area contributed by atoms with Crippen molar-refractivity contribution in [3.8, 4) is 10.6 Å². The molecule has 100 valence electrons. The first kappa shape index (κ1) is 13.2. The monoisotopic (exact) mass is 337 g/mol. The van der Waals surface area contributed by atoms with Crippen LogP contribution in [-0.2, 0) is 6.42 Å². The number of aryl methyl sites for hydroxylation is 1. The number of nitrogens with one attached hydrogen (secondary N) is 1. The first-order chi connectivity index (χ1) is 9.28. The average molecular weight is 338 g/mol. The van der Waals surface area contributed by atoms with Crippen molar-refractivity contribution < 1.29 is 0 Å². The molecule has 0 bridgehead atoms. The summed E-state index contributed by atoms with van der Waals surface area (Å²) in [4.78, 5) is 10.6. The van der Waals surface area contributed by atoms with Crippen LogP contribution in [0.15, 0.2) is 22.9 Å². The molecule has 3 rings (SSSR count). The first-order valence-electron chi connectivity index (χ1n) is 6.53. The quantitative estimate of drug-likeness (QED) is 0.929. The normalized spacial score (nSPS) is 18.3. The summed E-state index contributed by atoms with van der Waals surface area (Å²) in [5, 5.41) is 4.38. The van der Waals surface area contributed by atoms with Gasteiger partial charge in [0.05, 0.1) is 5.69 Å². The third-order valence-electron chi connectivity index (χ3n) is 3.47. The maximum absolute atomic E-state index is 4.88. The van der Waals surface area contributed by atoms with E-state index in [2.05, 4.69) is 32.3 Å². The van der Waals surface area contributed by atoms with Gasteiger partial charge in [-0.2, -0.15) is 0 Å². The zero-order chi connectivity index (χ0) is 13.2. The molecule has 0 radical (unpaired) electrons. The molecule has 3 nitrogen and oxygen atoms in total. The van der Waals surface area contributed by atoms with Gasteiger partial charge in [0, 0.05) is 39.8 Å². The first-order valence-corrected chi connectivity index (χ1v) is 8.14. The number of thiazole rings is 1. The van der Waals surface area contributed by atoms with Crippen molar-refractivity contribution in [2.45, 2.75) is 25.2 Å². The van der Waals surface area contributed by atoms with Crippen LogP contribution in [0.4, 0.5) is 0 Å². The second-order valence-corrected chi connectivity index (χ2v) is 6.87. The van der Waals surface area contributed by atoms with Crippen LogP contribution in [0.3, 0.4) is 0 Å². The van der Waals surface area contributed by atoms with Gasteiger partial charge < -0.3 is 5.32 Å². The largest absolute Gasteiger partial charge is 0.319 e. The van der Waals surface area contributed by atoms with Gasteiger partial charge in [0.25, 0.3) is 0 Å². The van der Waals surface area contributed by atoms with Crippen molar-refractivity contribution in [1.29, 1.82) is 0 Å². The van der Waals surface area contributed by atoms with Gasteiger partial charge in [0.1, 0.15) is 5.01 Å². The molecule has 0 fully saturated rings. The van der Waals surface area contributed by atoms with E-state index in [1.807, 2.05) is 24.6 Å². The maximum atomic E-state index is 4.88. The third kappa shape index (κ3) is 2.73. The molecule has 0 aliphatic heterocycles. The van der Waals surface area contributed by atoms with Crippen LogP contribution in [0, 0.1) is 0 Å². The topological polar surface area (TPSA) is 37.8 Å². The fourth-order valence-electron chi connectivity index (χ4n) is 2.60. The highest BCUT2D eigenvalue weighted by Gasteiger charge is 2.24. The van der Waals surface area contributed by atoms with Crippen LogP contribution in [0.5, 0.6) is 0 Å². The number of likely N-dealkylation sites (N-methyl/N-ethyl adjacent to an activating group) is 1. The van der Waals surface area contributed by atoms with Gasteiger partial charge in [-0.25, -0.2) is 4.98 Å². The van der Waals surface area contributed by atoms with E-state index < -0.39 is 0 Å². The van der Waals surface area contributed by atoms with Gasteiger partial charge in [0.2, 0.25) is 0 Å². The van der Waals surface area contributed by atoms with Crippen LogP contribution in [-0.4, -0.2) is 23.6 Å². The zero-order valence-electron chi connectivity index (χ0n) is 10.8. The molecule has 1 N–H and O–H groups in total. The van der Waals surface area contributed by atoms with E-state index >= 15 is 0 Å². The smallest absolute Gasteiger partial charge is 0.125 e. The highest BCUT2D eigenvalue weighted by atomic mass is 79.9. The molecular weight excluding hydrogens is 322 g/mol. The summed E-state index contributed by atoms with van der Waals surface area (Å²) in [6.07, 6.45) is 7.39. The molecule has 0 spiro atoms. The van der Waals surface area contributed by atoms with E-state index in [-0.39, 0.29) is 0 Å². The Morgan fingerprint density at radius 3 is 3.16 bits per heavy atom. The molecule has 1 atom stereocenters. The minimum atomic E-state index is 0.568. The molecule has 1 unspecified atom stereocenters. The molecule has 0 saturated heterocycles. The van der Waals surface area contributed by atoms with Gasteiger partial charge >= 0.3 is 0 Å². The lowest BCUT2D eigenvalue weighted by Crippen LogP contribution is -2.20. The molecule has 1 aliphatic carbocycles. The summed E-state index contributed by atoms with van der Waals surface area (Å²) >= 11 is 5.30. The Bertz CT molecular complexity index is 582. The zero-order valence-corrected chi connectivity index (χ0v) is 13.2. The lowest BCUT2D eigenvalue weighted by Gasteiger charge is -2.20. The average Bonchev–Trinajstić information content (AvgIpc) is 2.84. The van der Waals surface area contributed by atoms with Crippen molar-refractivity contribution in [3.63, 3.8) is 0 Å². The molecule has 2 heterocycles. The van der Waals surface area contributed by atoms with Gasteiger partial charge in [0.15, 0.2) is 0 Å². The molecule has 1 aliphatic rings. The number of hydrogen-bond donors (Lipinski definition) is 1. The molecule has 2 aromatic rings. The number of rotatable bonds is 3. The Balaban J connectivity index is 1.97. The Morgan fingerprint density at radius 1 is 1.47 bits per heavy atom. The predicted octanol–water partition coefficient (Wildman–Crippen LogP) is 3.61. The van der Waals surface area contributed by atoms with E-state index in [0.717, 1.165) is 21.6 Å². The Kier molecular flexibility index (Phi) is 3.96. The summed E-state index contributed by atoms with van der Waals surface area (Å²) in [7, 11) is 2.01. The number of halogens is 1. The SMILES string of the molecule is CNCC1CCCc2sc(-c3cncc(Br)c3)nc21. The lowest BCUT2D eigenvalue weighted by molar-refractivity contribution is 0.523. The highest BCUT2D eigenvalue weighted by molar-refractivity contribution is 9.10. The van der Waals surface area contributed by atoms with Gasteiger partial charge in [-0.05, 0) is 48.3 Å². The van der Waals surface area contributed by atoms with Crippen LogP contribution in [0.1, 0.15) is 29.3 Å². The van der Waals surface area contributed by atoms with Crippen LogP contribution >= 0.6 is 27.3 Å². The summed E-state index contributed by atoms with van der Waals surface area (Å²) in [6.45, 7) is 1.02. The minimum Gasteiger partial charge on any atom is -0.319 e. The Labute approximate surface area is 125 Å². The lowest BCUT2D eigenvalue weighted by atomic mass is 9.91. The standard InChI is InChI=1S/C14H16BrN3S/c1-16-6-9-3-2-4-12-13(9)18-14(19-12)10-5-11(15)8-17-7-10/h5,7-9,16H,2-4,6H2,1H3. The predicted molar refractivity (Wildman–Crippen MR) is 82.7 cm³/mol. The van der Waals surface area contributed by atoms with E-state index in [1.165, 1.54) is 29.8 Å². The second-order valence-electron chi connectivity index (χ2n) is 4.87. The number of hydrogen-bond acceptors (Lipinski definition) is 4. The molecule has 5 heteroatoms. The maximum Gasteiger partial charge on any atom is 0.125 e.